The first kappa shape index (κ1) is 21.7. The van der Waals surface area contributed by atoms with Crippen molar-refractivity contribution in [1.82, 2.24) is 9.55 Å². The SMILES string of the molecule is Cc1ccccc1Cn1cnc2c(NS(=O)(=O)c3ccc(Cl)c(Cl)c3)c(C)c(C)cc21. The van der Waals surface area contributed by atoms with Gasteiger partial charge in [0.1, 0.15) is 5.52 Å². The van der Waals surface area contributed by atoms with Gasteiger partial charge < -0.3 is 4.57 Å². The van der Waals surface area contributed by atoms with Crippen molar-refractivity contribution < 1.29 is 8.42 Å². The molecule has 0 fully saturated rings. The lowest BCUT2D eigenvalue weighted by Gasteiger charge is -2.15. The summed E-state index contributed by atoms with van der Waals surface area (Å²) in [4.78, 5) is 4.58. The number of fused-ring (bicyclic) bond motifs is 1. The van der Waals surface area contributed by atoms with Gasteiger partial charge in [-0.25, -0.2) is 13.4 Å². The van der Waals surface area contributed by atoms with E-state index in [9.17, 15) is 8.42 Å². The van der Waals surface area contributed by atoms with E-state index < -0.39 is 10.0 Å². The van der Waals surface area contributed by atoms with Crippen LogP contribution in [0.15, 0.2) is 59.8 Å². The molecule has 0 aliphatic carbocycles. The summed E-state index contributed by atoms with van der Waals surface area (Å²) in [6, 6.07) is 14.4. The van der Waals surface area contributed by atoms with Crippen LogP contribution in [-0.4, -0.2) is 18.0 Å². The zero-order chi connectivity index (χ0) is 22.3. The Balaban J connectivity index is 1.79. The maximum absolute atomic E-state index is 13.1. The molecule has 0 aliphatic rings. The molecule has 4 rings (SSSR count). The first-order chi connectivity index (χ1) is 14.7. The van der Waals surface area contributed by atoms with Crippen LogP contribution in [0.3, 0.4) is 0 Å². The van der Waals surface area contributed by atoms with E-state index in [4.69, 9.17) is 23.2 Å². The topological polar surface area (TPSA) is 64.0 Å². The molecular weight excluding hydrogens is 453 g/mol. The lowest BCUT2D eigenvalue weighted by molar-refractivity contribution is 0.601. The molecule has 160 valence electrons. The van der Waals surface area contributed by atoms with Crippen molar-refractivity contribution in [1.29, 1.82) is 0 Å². The summed E-state index contributed by atoms with van der Waals surface area (Å²) in [5.74, 6) is 0. The number of halogens is 2. The van der Waals surface area contributed by atoms with E-state index in [0.717, 1.165) is 16.6 Å². The summed E-state index contributed by atoms with van der Waals surface area (Å²) in [7, 11) is -3.88. The number of nitrogens with one attached hydrogen (secondary N) is 1. The van der Waals surface area contributed by atoms with Crippen LogP contribution in [0.4, 0.5) is 5.69 Å². The highest BCUT2D eigenvalue weighted by molar-refractivity contribution is 7.92. The summed E-state index contributed by atoms with van der Waals surface area (Å²) in [6.45, 7) is 6.55. The minimum absolute atomic E-state index is 0.0373. The summed E-state index contributed by atoms with van der Waals surface area (Å²) in [5.41, 5.74) is 6.07. The van der Waals surface area contributed by atoms with Gasteiger partial charge in [-0.3, -0.25) is 4.72 Å². The minimum atomic E-state index is -3.88. The Morgan fingerprint density at radius 1 is 0.968 bits per heavy atom. The lowest BCUT2D eigenvalue weighted by Crippen LogP contribution is -2.14. The van der Waals surface area contributed by atoms with Crippen molar-refractivity contribution >= 4 is 49.9 Å². The first-order valence-electron chi connectivity index (χ1n) is 9.65. The molecule has 4 aromatic rings. The van der Waals surface area contributed by atoms with Gasteiger partial charge in [0.25, 0.3) is 10.0 Å². The van der Waals surface area contributed by atoms with Crippen LogP contribution in [0.2, 0.25) is 10.0 Å². The number of aryl methyl sites for hydroxylation is 2. The summed E-state index contributed by atoms with van der Waals surface area (Å²) < 4.78 is 30.9. The van der Waals surface area contributed by atoms with Crippen molar-refractivity contribution in [2.24, 2.45) is 0 Å². The van der Waals surface area contributed by atoms with Crippen LogP contribution in [0.1, 0.15) is 22.3 Å². The van der Waals surface area contributed by atoms with Gasteiger partial charge in [0.05, 0.1) is 32.5 Å². The average molecular weight is 474 g/mol. The van der Waals surface area contributed by atoms with Crippen LogP contribution < -0.4 is 4.72 Å². The second-order valence-corrected chi connectivity index (χ2v) is 10.0. The predicted molar refractivity (Wildman–Crippen MR) is 127 cm³/mol. The molecule has 0 bridgehead atoms. The van der Waals surface area contributed by atoms with Gasteiger partial charge in [0.15, 0.2) is 0 Å². The maximum Gasteiger partial charge on any atom is 0.262 e. The Labute approximate surface area is 191 Å². The highest BCUT2D eigenvalue weighted by Gasteiger charge is 2.21. The van der Waals surface area contributed by atoms with E-state index in [-0.39, 0.29) is 9.92 Å². The van der Waals surface area contributed by atoms with Gasteiger partial charge in [-0.15, -0.1) is 0 Å². The van der Waals surface area contributed by atoms with Crippen LogP contribution in [0.5, 0.6) is 0 Å². The molecule has 0 saturated carbocycles. The molecular formula is C23H21Cl2N3O2S. The maximum atomic E-state index is 13.1. The number of aromatic nitrogens is 2. The van der Waals surface area contributed by atoms with E-state index >= 15 is 0 Å². The zero-order valence-corrected chi connectivity index (χ0v) is 19.6. The number of sulfonamides is 1. The van der Waals surface area contributed by atoms with Crippen molar-refractivity contribution in [3.05, 3.63) is 87.2 Å². The molecule has 1 aromatic heterocycles. The first-order valence-corrected chi connectivity index (χ1v) is 11.9. The number of nitrogens with zero attached hydrogens (tertiary/aromatic N) is 2. The van der Waals surface area contributed by atoms with E-state index in [1.54, 1.807) is 6.33 Å². The zero-order valence-electron chi connectivity index (χ0n) is 17.3. The molecule has 0 unspecified atom stereocenters. The number of imidazole rings is 1. The van der Waals surface area contributed by atoms with Gasteiger partial charge in [-0.2, -0.15) is 0 Å². The Hall–Kier alpha value is -2.54. The number of hydrogen-bond donors (Lipinski definition) is 1. The molecule has 1 N–H and O–H groups in total. The number of anilines is 1. The van der Waals surface area contributed by atoms with Crippen molar-refractivity contribution in [2.45, 2.75) is 32.2 Å². The van der Waals surface area contributed by atoms with Crippen LogP contribution in [-0.2, 0) is 16.6 Å². The van der Waals surface area contributed by atoms with Gasteiger partial charge in [-0.1, -0.05) is 47.5 Å². The molecule has 0 saturated heterocycles. The molecule has 0 atom stereocenters. The van der Waals surface area contributed by atoms with Crippen LogP contribution in [0, 0.1) is 20.8 Å². The van der Waals surface area contributed by atoms with E-state index in [1.807, 2.05) is 36.6 Å². The third kappa shape index (κ3) is 4.15. The van der Waals surface area contributed by atoms with Gasteiger partial charge in [0.2, 0.25) is 0 Å². The predicted octanol–water partition coefficient (Wildman–Crippen LogP) is 6.12. The fourth-order valence-electron chi connectivity index (χ4n) is 3.48. The molecule has 0 radical (unpaired) electrons. The molecule has 3 aromatic carbocycles. The fraction of sp³-hybridized carbons (Fsp3) is 0.174. The van der Waals surface area contributed by atoms with Crippen LogP contribution >= 0.6 is 23.2 Å². The molecule has 0 amide bonds. The normalized spacial score (nSPS) is 11.8. The molecule has 0 spiro atoms. The minimum Gasteiger partial charge on any atom is -0.326 e. The Morgan fingerprint density at radius 3 is 2.42 bits per heavy atom. The van der Waals surface area contributed by atoms with Gasteiger partial charge in [0, 0.05) is 6.54 Å². The lowest BCUT2D eigenvalue weighted by atomic mass is 10.1. The summed E-state index contributed by atoms with van der Waals surface area (Å²) in [6.07, 6.45) is 1.74. The molecule has 5 nitrogen and oxygen atoms in total. The molecule has 1 heterocycles. The fourth-order valence-corrected chi connectivity index (χ4v) is 5.00. The second kappa shape index (κ2) is 8.19. The summed E-state index contributed by atoms with van der Waals surface area (Å²) in [5, 5.41) is 0.475. The number of hydrogen-bond acceptors (Lipinski definition) is 3. The van der Waals surface area contributed by atoms with E-state index in [2.05, 4.69) is 28.8 Å². The Morgan fingerprint density at radius 2 is 1.71 bits per heavy atom. The van der Waals surface area contributed by atoms with E-state index in [0.29, 0.717) is 22.8 Å². The van der Waals surface area contributed by atoms with Gasteiger partial charge >= 0.3 is 0 Å². The third-order valence-electron chi connectivity index (χ3n) is 5.47. The van der Waals surface area contributed by atoms with Crippen molar-refractivity contribution in [2.75, 3.05) is 4.72 Å². The van der Waals surface area contributed by atoms with Crippen molar-refractivity contribution in [3.63, 3.8) is 0 Å². The quantitative estimate of drug-likeness (QED) is 0.379. The summed E-state index contributed by atoms with van der Waals surface area (Å²) >= 11 is 12.0. The average Bonchev–Trinajstić information content (AvgIpc) is 3.11. The van der Waals surface area contributed by atoms with Crippen molar-refractivity contribution in [3.8, 4) is 0 Å². The Kier molecular flexibility index (Phi) is 5.73. The molecule has 0 aliphatic heterocycles. The molecule has 31 heavy (non-hydrogen) atoms. The van der Waals surface area contributed by atoms with Crippen LogP contribution in [0.25, 0.3) is 11.0 Å². The second-order valence-electron chi connectivity index (χ2n) is 7.54. The molecule has 8 heteroatoms. The highest BCUT2D eigenvalue weighted by Crippen LogP contribution is 2.32. The number of rotatable bonds is 5. The third-order valence-corrected chi connectivity index (χ3v) is 7.56. The highest BCUT2D eigenvalue weighted by atomic mass is 35.5. The van der Waals surface area contributed by atoms with E-state index in [1.165, 1.54) is 29.3 Å². The standard InChI is InChI=1S/C23H21Cl2N3O2S/c1-14-6-4-5-7-17(14)12-28-13-26-23-21(28)10-15(2)16(3)22(23)27-31(29,30)18-8-9-19(24)20(25)11-18/h4-11,13,27H,12H2,1-3H3. The Bertz CT molecular complexity index is 1410. The number of benzene rings is 3. The smallest absolute Gasteiger partial charge is 0.262 e. The monoisotopic (exact) mass is 473 g/mol. The largest absolute Gasteiger partial charge is 0.326 e. The van der Waals surface area contributed by atoms with Gasteiger partial charge in [-0.05, 0) is 67.3 Å².